The van der Waals surface area contributed by atoms with Gasteiger partial charge in [-0.05, 0) is 52.7 Å². The second kappa shape index (κ2) is 9.73. The van der Waals surface area contributed by atoms with Crippen molar-refractivity contribution in [3.05, 3.63) is 56.0 Å². The van der Waals surface area contributed by atoms with E-state index in [1.807, 2.05) is 20.0 Å². The van der Waals surface area contributed by atoms with Crippen LogP contribution in [0.5, 0.6) is 5.88 Å². The fourth-order valence-electron chi connectivity index (χ4n) is 3.62. The van der Waals surface area contributed by atoms with E-state index in [-0.39, 0.29) is 18.1 Å². The molecule has 0 saturated heterocycles. The van der Waals surface area contributed by atoms with Crippen LogP contribution in [0.4, 0.5) is 10.5 Å². The van der Waals surface area contributed by atoms with E-state index < -0.39 is 17.3 Å². The molecule has 35 heavy (non-hydrogen) atoms. The van der Waals surface area contributed by atoms with Gasteiger partial charge in [0.1, 0.15) is 21.3 Å². The lowest BCUT2D eigenvalue weighted by Gasteiger charge is -2.26. The summed E-state index contributed by atoms with van der Waals surface area (Å²) in [7, 11) is 1.53. The second-order valence-electron chi connectivity index (χ2n) is 9.75. The third-order valence-electron chi connectivity index (χ3n) is 5.47. The summed E-state index contributed by atoms with van der Waals surface area (Å²) in [5.74, 6) is 0.923. The zero-order chi connectivity index (χ0) is 25.3. The molecule has 4 rings (SSSR count). The Morgan fingerprint density at radius 3 is 2.66 bits per heavy atom. The minimum atomic E-state index is -0.741. The summed E-state index contributed by atoms with van der Waals surface area (Å²) in [4.78, 5) is 31.9. The Labute approximate surface area is 207 Å². The van der Waals surface area contributed by atoms with Crippen LogP contribution in [-0.2, 0) is 18.3 Å². The molecule has 1 aliphatic rings. The van der Waals surface area contributed by atoms with Crippen molar-refractivity contribution in [3.63, 3.8) is 0 Å². The Balaban J connectivity index is 1.54. The van der Waals surface area contributed by atoms with Gasteiger partial charge in [0, 0.05) is 36.8 Å². The number of aromatic nitrogens is 5. The summed E-state index contributed by atoms with van der Waals surface area (Å²) in [5, 5.41) is 13.7. The molecule has 0 aromatic carbocycles. The highest BCUT2D eigenvalue weighted by atomic mass is 32.1. The first-order chi connectivity index (χ1) is 16.5. The van der Waals surface area contributed by atoms with Crippen LogP contribution in [0.2, 0.25) is 0 Å². The number of ether oxygens (including phenoxy) is 2. The summed E-state index contributed by atoms with van der Waals surface area (Å²) < 4.78 is 12.7. The molecule has 1 amide bonds. The van der Waals surface area contributed by atoms with E-state index in [0.717, 1.165) is 22.7 Å². The number of nitrogens with zero attached hydrogens (tertiary/aromatic N) is 6. The number of rotatable bonds is 7. The molecule has 10 nitrogen and oxygen atoms in total. The van der Waals surface area contributed by atoms with E-state index in [4.69, 9.17) is 9.47 Å². The van der Waals surface area contributed by atoms with Gasteiger partial charge in [0.25, 0.3) is 5.56 Å². The second-order valence-corrected chi connectivity index (χ2v) is 11.0. The molecule has 3 aromatic heterocycles. The van der Waals surface area contributed by atoms with Crippen molar-refractivity contribution in [1.29, 1.82) is 0 Å². The van der Waals surface area contributed by atoms with Crippen LogP contribution in [0.3, 0.4) is 0 Å². The van der Waals surface area contributed by atoms with Gasteiger partial charge in [0.15, 0.2) is 0 Å². The normalized spacial score (nSPS) is 17.2. The standard InChI is InChI=1S/C24H30N6O4S/c1-14-7-8-18(25-11-14)17-9-16(17)13-33-20-10-19(22(31)29(6)28-20)30(23(32)34-24(3,4)5)12-21-27-26-15(2)35-21/h7-8,10-11,16-17H,9,12-13H2,1-6H3/t16-,17+/m1/s1. The van der Waals surface area contributed by atoms with Gasteiger partial charge in [-0.15, -0.1) is 15.3 Å². The van der Waals surface area contributed by atoms with Crippen LogP contribution in [-0.4, -0.2) is 43.3 Å². The molecule has 0 spiro atoms. The maximum atomic E-state index is 13.1. The van der Waals surface area contributed by atoms with Crippen molar-refractivity contribution in [2.24, 2.45) is 13.0 Å². The number of hydrogen-bond acceptors (Lipinski definition) is 9. The average molecular weight is 499 g/mol. The smallest absolute Gasteiger partial charge is 0.415 e. The first-order valence-corrected chi connectivity index (χ1v) is 12.2. The Morgan fingerprint density at radius 2 is 2.03 bits per heavy atom. The van der Waals surface area contributed by atoms with Crippen molar-refractivity contribution >= 4 is 23.1 Å². The van der Waals surface area contributed by atoms with E-state index >= 15 is 0 Å². The molecule has 0 radical (unpaired) electrons. The molecule has 0 N–H and O–H groups in total. The monoisotopic (exact) mass is 498 g/mol. The maximum Gasteiger partial charge on any atom is 0.415 e. The van der Waals surface area contributed by atoms with Gasteiger partial charge in [0.2, 0.25) is 5.88 Å². The SMILES string of the molecule is Cc1ccc([C@H]2C[C@@H]2COc2cc(N(Cc3nnc(C)s3)C(=O)OC(C)(C)C)c(=O)n(C)n2)nc1. The highest BCUT2D eigenvalue weighted by molar-refractivity contribution is 7.11. The number of carbonyl (C=O) groups excluding carboxylic acids is 1. The Kier molecular flexibility index (Phi) is 6.88. The number of anilines is 1. The van der Waals surface area contributed by atoms with E-state index in [1.54, 1.807) is 20.8 Å². The van der Waals surface area contributed by atoms with E-state index in [0.29, 0.717) is 23.5 Å². The molecule has 0 aliphatic heterocycles. The third-order valence-corrected chi connectivity index (χ3v) is 6.29. The third kappa shape index (κ3) is 6.21. The van der Waals surface area contributed by atoms with Gasteiger partial charge >= 0.3 is 6.09 Å². The quantitative estimate of drug-likeness (QED) is 0.484. The van der Waals surface area contributed by atoms with Crippen LogP contribution in [0.25, 0.3) is 0 Å². The number of hydrogen-bond donors (Lipinski definition) is 0. The molecule has 1 saturated carbocycles. The average Bonchev–Trinajstić information content (AvgIpc) is 3.44. The molecule has 1 fully saturated rings. The lowest BCUT2D eigenvalue weighted by molar-refractivity contribution is 0.0576. The van der Waals surface area contributed by atoms with Crippen LogP contribution in [0, 0.1) is 19.8 Å². The van der Waals surface area contributed by atoms with Gasteiger partial charge in [-0.2, -0.15) is 0 Å². The summed E-state index contributed by atoms with van der Waals surface area (Å²) in [6.07, 6.45) is 2.19. The van der Waals surface area contributed by atoms with Crippen LogP contribution >= 0.6 is 11.3 Å². The largest absolute Gasteiger partial charge is 0.476 e. The molecular weight excluding hydrogens is 468 g/mol. The number of pyridine rings is 1. The summed E-state index contributed by atoms with van der Waals surface area (Å²) >= 11 is 1.35. The lowest BCUT2D eigenvalue weighted by atomic mass is 10.2. The first kappa shape index (κ1) is 24.8. The molecule has 1 aliphatic carbocycles. The molecule has 186 valence electrons. The van der Waals surface area contributed by atoms with E-state index in [9.17, 15) is 9.59 Å². The van der Waals surface area contributed by atoms with Gasteiger partial charge in [0.05, 0.1) is 13.2 Å². The summed E-state index contributed by atoms with van der Waals surface area (Å²) in [6, 6.07) is 5.60. The van der Waals surface area contributed by atoms with Gasteiger partial charge in [-0.25, -0.2) is 9.48 Å². The molecule has 11 heteroatoms. The van der Waals surface area contributed by atoms with E-state index in [1.165, 1.54) is 34.0 Å². The molecule has 3 heterocycles. The highest BCUT2D eigenvalue weighted by Crippen LogP contribution is 2.46. The predicted molar refractivity (Wildman–Crippen MR) is 132 cm³/mol. The fraction of sp³-hybridized carbons (Fsp3) is 0.500. The number of carbonyl (C=O) groups is 1. The van der Waals surface area contributed by atoms with Crippen molar-refractivity contribution in [3.8, 4) is 5.88 Å². The summed E-state index contributed by atoms with van der Waals surface area (Å²) in [6.45, 7) is 9.63. The lowest BCUT2D eigenvalue weighted by Crippen LogP contribution is -2.40. The Hall–Kier alpha value is -3.34. The number of amides is 1. The molecular formula is C24H30N6O4S. The zero-order valence-corrected chi connectivity index (χ0v) is 21.6. The molecule has 2 atom stereocenters. The van der Waals surface area contributed by atoms with Gasteiger partial charge < -0.3 is 9.47 Å². The number of aryl methyl sites for hydroxylation is 3. The maximum absolute atomic E-state index is 13.1. The minimum Gasteiger partial charge on any atom is -0.476 e. The van der Waals surface area contributed by atoms with Crippen molar-refractivity contribution in [2.45, 2.75) is 59.1 Å². The molecule has 0 unspecified atom stereocenters. The van der Waals surface area contributed by atoms with Crippen molar-refractivity contribution in [1.82, 2.24) is 25.0 Å². The molecule has 0 bridgehead atoms. The Bertz CT molecular complexity index is 1260. The minimum absolute atomic E-state index is 0.0445. The zero-order valence-electron chi connectivity index (χ0n) is 20.8. The molecule has 3 aromatic rings. The fourth-order valence-corrected chi connectivity index (χ4v) is 4.32. The van der Waals surface area contributed by atoms with Crippen molar-refractivity contribution in [2.75, 3.05) is 11.5 Å². The topological polar surface area (TPSA) is 112 Å². The Morgan fingerprint density at radius 1 is 1.26 bits per heavy atom. The van der Waals surface area contributed by atoms with Gasteiger partial charge in [-0.1, -0.05) is 17.4 Å². The van der Waals surface area contributed by atoms with Crippen LogP contribution in [0.15, 0.2) is 29.2 Å². The first-order valence-electron chi connectivity index (χ1n) is 11.4. The highest BCUT2D eigenvalue weighted by Gasteiger charge is 2.40. The van der Waals surface area contributed by atoms with Crippen LogP contribution in [0.1, 0.15) is 54.4 Å². The summed E-state index contributed by atoms with van der Waals surface area (Å²) in [5.41, 5.74) is 1.10. The van der Waals surface area contributed by atoms with Gasteiger partial charge in [-0.3, -0.25) is 14.7 Å². The van der Waals surface area contributed by atoms with Crippen LogP contribution < -0.4 is 15.2 Å². The van der Waals surface area contributed by atoms with E-state index in [2.05, 4.69) is 32.4 Å². The predicted octanol–water partition coefficient (Wildman–Crippen LogP) is 3.77. The van der Waals surface area contributed by atoms with Crippen molar-refractivity contribution < 1.29 is 14.3 Å².